The van der Waals surface area contributed by atoms with Crippen molar-refractivity contribution in [3.8, 4) is 0 Å². The minimum Gasteiger partial charge on any atom is -0.371 e. The minimum atomic E-state index is -4.24. The van der Waals surface area contributed by atoms with E-state index in [2.05, 4.69) is 12.6 Å². The van der Waals surface area contributed by atoms with Crippen LogP contribution in [0.2, 0.25) is 0 Å². The summed E-state index contributed by atoms with van der Waals surface area (Å²) in [6.07, 6.45) is -0.628. The number of halogens is 3. The third-order valence-electron chi connectivity index (χ3n) is 2.57. The van der Waals surface area contributed by atoms with Gasteiger partial charge in [-0.3, -0.25) is 0 Å². The van der Waals surface area contributed by atoms with Gasteiger partial charge >= 0.3 is 6.18 Å². The Morgan fingerprint density at radius 1 is 1.00 bits per heavy atom. The molecule has 0 radical (unpaired) electrons. The smallest absolute Gasteiger partial charge is 0.371 e. The van der Waals surface area contributed by atoms with E-state index in [-0.39, 0.29) is 12.0 Å². The molecule has 0 bridgehead atoms. The highest BCUT2D eigenvalue weighted by atomic mass is 32.1. The Morgan fingerprint density at radius 3 is 1.81 bits per heavy atom. The summed E-state index contributed by atoms with van der Waals surface area (Å²) in [5, 5.41) is 0. The standard InChI is InChI=1S/C11H21F3OS/c1-3-5-10(9-16,6-4-2)7-15-8-11(12,13)14/h16H,3-9H2,1-2H3. The Labute approximate surface area is 101 Å². The topological polar surface area (TPSA) is 9.23 Å². The van der Waals surface area contributed by atoms with E-state index in [1.165, 1.54) is 0 Å². The van der Waals surface area contributed by atoms with Crippen LogP contribution in [0.3, 0.4) is 0 Å². The van der Waals surface area contributed by atoms with Gasteiger partial charge < -0.3 is 4.74 Å². The van der Waals surface area contributed by atoms with Crippen molar-refractivity contribution in [2.75, 3.05) is 19.0 Å². The highest BCUT2D eigenvalue weighted by molar-refractivity contribution is 7.80. The summed E-state index contributed by atoms with van der Waals surface area (Å²) in [5.74, 6) is 0.576. The monoisotopic (exact) mass is 258 g/mol. The molecule has 0 aromatic rings. The molecule has 1 nitrogen and oxygen atoms in total. The van der Waals surface area contributed by atoms with Crippen molar-refractivity contribution in [2.45, 2.75) is 45.7 Å². The minimum absolute atomic E-state index is 0.150. The van der Waals surface area contributed by atoms with Crippen molar-refractivity contribution in [1.29, 1.82) is 0 Å². The molecule has 0 amide bonds. The molecule has 0 N–H and O–H groups in total. The van der Waals surface area contributed by atoms with Crippen LogP contribution in [0.25, 0.3) is 0 Å². The van der Waals surface area contributed by atoms with Crippen LogP contribution in [0.1, 0.15) is 39.5 Å². The molecule has 0 rings (SSSR count). The Hall–Kier alpha value is 0.100. The second-order valence-corrected chi connectivity index (χ2v) is 4.58. The zero-order valence-electron chi connectivity index (χ0n) is 9.94. The van der Waals surface area contributed by atoms with Gasteiger partial charge in [-0.2, -0.15) is 25.8 Å². The summed E-state index contributed by atoms with van der Waals surface area (Å²) in [5.41, 5.74) is -0.197. The number of hydrogen-bond acceptors (Lipinski definition) is 2. The van der Waals surface area contributed by atoms with Gasteiger partial charge in [-0.15, -0.1) is 0 Å². The number of ether oxygens (including phenoxy) is 1. The third kappa shape index (κ3) is 6.63. The fraction of sp³-hybridized carbons (Fsp3) is 1.00. The van der Waals surface area contributed by atoms with Crippen LogP contribution in [0.15, 0.2) is 0 Å². The van der Waals surface area contributed by atoms with Gasteiger partial charge in [0.15, 0.2) is 0 Å². The largest absolute Gasteiger partial charge is 0.411 e. The zero-order valence-corrected chi connectivity index (χ0v) is 10.8. The molecule has 0 fully saturated rings. The number of alkyl halides is 3. The maximum atomic E-state index is 12.0. The lowest BCUT2D eigenvalue weighted by Crippen LogP contribution is -2.31. The number of thiol groups is 1. The fourth-order valence-electron chi connectivity index (χ4n) is 1.92. The maximum absolute atomic E-state index is 12.0. The highest BCUT2D eigenvalue weighted by Crippen LogP contribution is 2.32. The van der Waals surface area contributed by atoms with Gasteiger partial charge in [0.1, 0.15) is 6.61 Å². The van der Waals surface area contributed by atoms with Crippen LogP contribution in [-0.2, 0) is 4.74 Å². The molecule has 0 aliphatic carbocycles. The summed E-state index contributed by atoms with van der Waals surface area (Å²) < 4.78 is 40.7. The maximum Gasteiger partial charge on any atom is 0.411 e. The van der Waals surface area contributed by atoms with Crippen molar-refractivity contribution < 1.29 is 17.9 Å². The van der Waals surface area contributed by atoms with Gasteiger partial charge in [-0.25, -0.2) is 0 Å². The second kappa shape index (κ2) is 7.43. The van der Waals surface area contributed by atoms with E-state index in [4.69, 9.17) is 4.74 Å². The van der Waals surface area contributed by atoms with Crippen molar-refractivity contribution in [2.24, 2.45) is 5.41 Å². The van der Waals surface area contributed by atoms with E-state index >= 15 is 0 Å². The molecule has 0 aliphatic heterocycles. The second-order valence-electron chi connectivity index (χ2n) is 4.27. The first-order valence-corrected chi connectivity index (χ1v) is 6.27. The average Bonchev–Trinajstić information content (AvgIpc) is 2.16. The molecule has 0 heterocycles. The highest BCUT2D eigenvalue weighted by Gasteiger charge is 2.32. The number of hydrogen-bond donors (Lipinski definition) is 1. The first-order chi connectivity index (χ1) is 7.39. The first kappa shape index (κ1) is 16.1. The normalized spacial score (nSPS) is 13.1. The van der Waals surface area contributed by atoms with Gasteiger partial charge in [-0.05, 0) is 18.6 Å². The Balaban J connectivity index is 4.19. The summed E-state index contributed by atoms with van der Waals surface area (Å²) in [7, 11) is 0. The molecule has 0 aromatic heterocycles. The molecule has 0 saturated carbocycles. The number of rotatable bonds is 8. The molecule has 0 aliphatic rings. The van der Waals surface area contributed by atoms with E-state index in [1.54, 1.807) is 0 Å². The molecule has 16 heavy (non-hydrogen) atoms. The Kier molecular flexibility index (Phi) is 7.48. The Morgan fingerprint density at radius 2 is 1.50 bits per heavy atom. The SMILES string of the molecule is CCCC(CS)(CCC)COCC(F)(F)F. The molecular formula is C11H21F3OS. The predicted molar refractivity (Wildman–Crippen MR) is 63.0 cm³/mol. The molecule has 5 heteroatoms. The van der Waals surface area contributed by atoms with Crippen LogP contribution in [0.4, 0.5) is 13.2 Å². The summed E-state index contributed by atoms with van der Waals surface area (Å²) in [6, 6.07) is 0. The Bertz CT molecular complexity index is 177. The van der Waals surface area contributed by atoms with Crippen molar-refractivity contribution >= 4 is 12.6 Å². The molecule has 98 valence electrons. The summed E-state index contributed by atoms with van der Waals surface area (Å²) in [6.45, 7) is 3.04. The van der Waals surface area contributed by atoms with Crippen LogP contribution < -0.4 is 0 Å². The van der Waals surface area contributed by atoms with Crippen molar-refractivity contribution in [3.63, 3.8) is 0 Å². The molecule has 0 saturated heterocycles. The van der Waals surface area contributed by atoms with Gasteiger partial charge in [0.2, 0.25) is 0 Å². The average molecular weight is 258 g/mol. The van der Waals surface area contributed by atoms with Crippen LogP contribution in [0.5, 0.6) is 0 Å². The van der Waals surface area contributed by atoms with Gasteiger partial charge in [0.05, 0.1) is 6.61 Å². The molecule has 0 atom stereocenters. The van der Waals surface area contributed by atoms with E-state index in [0.29, 0.717) is 5.75 Å². The van der Waals surface area contributed by atoms with Gasteiger partial charge in [-0.1, -0.05) is 26.7 Å². The van der Waals surface area contributed by atoms with Crippen molar-refractivity contribution in [3.05, 3.63) is 0 Å². The van der Waals surface area contributed by atoms with E-state index in [1.807, 2.05) is 13.8 Å². The third-order valence-corrected chi connectivity index (χ3v) is 3.24. The van der Waals surface area contributed by atoms with Gasteiger partial charge in [0, 0.05) is 5.41 Å². The van der Waals surface area contributed by atoms with Crippen LogP contribution in [-0.4, -0.2) is 25.1 Å². The lowest BCUT2D eigenvalue weighted by Gasteiger charge is -2.31. The first-order valence-electron chi connectivity index (χ1n) is 5.64. The van der Waals surface area contributed by atoms with Gasteiger partial charge in [0.25, 0.3) is 0 Å². The van der Waals surface area contributed by atoms with Crippen LogP contribution >= 0.6 is 12.6 Å². The molecule has 0 aromatic carbocycles. The zero-order chi connectivity index (χ0) is 12.7. The summed E-state index contributed by atoms with van der Waals surface area (Å²) >= 11 is 4.25. The lowest BCUT2D eigenvalue weighted by atomic mass is 9.82. The molecule has 0 spiro atoms. The predicted octanol–water partition coefficient (Wildman–Crippen LogP) is 4.08. The van der Waals surface area contributed by atoms with Crippen LogP contribution in [0, 0.1) is 5.41 Å². The quantitative estimate of drug-likeness (QED) is 0.645. The molecular weight excluding hydrogens is 237 g/mol. The molecule has 0 unspecified atom stereocenters. The van der Waals surface area contributed by atoms with E-state index < -0.39 is 12.8 Å². The lowest BCUT2D eigenvalue weighted by molar-refractivity contribution is -0.180. The fourth-order valence-corrected chi connectivity index (χ4v) is 2.32. The summed E-state index contributed by atoms with van der Waals surface area (Å²) in [4.78, 5) is 0. The van der Waals surface area contributed by atoms with Crippen molar-refractivity contribution in [1.82, 2.24) is 0 Å². The van der Waals surface area contributed by atoms with E-state index in [9.17, 15) is 13.2 Å². The van der Waals surface area contributed by atoms with E-state index in [0.717, 1.165) is 25.7 Å².